The summed E-state index contributed by atoms with van der Waals surface area (Å²) in [6, 6.07) is 13.6. The van der Waals surface area contributed by atoms with Crippen LogP contribution < -0.4 is 5.32 Å². The van der Waals surface area contributed by atoms with Gasteiger partial charge in [0.25, 0.3) is 0 Å². The van der Waals surface area contributed by atoms with Crippen LogP contribution in [-0.4, -0.2) is 62.0 Å². The van der Waals surface area contributed by atoms with Gasteiger partial charge in [0, 0.05) is 36.1 Å². The Morgan fingerprint density at radius 3 is 2.45 bits per heavy atom. The van der Waals surface area contributed by atoms with Crippen molar-refractivity contribution in [2.75, 3.05) is 37.8 Å². The summed E-state index contributed by atoms with van der Waals surface area (Å²) in [5.74, 6) is -0.0994. The SMILES string of the molecule is CSc1ccccc1NC(=O)[C@H](C)N1CCN(S(=O)(=O)c2cccc(Cl)c2)CC1. The van der Waals surface area contributed by atoms with Crippen LogP contribution in [-0.2, 0) is 14.8 Å². The number of piperazine rings is 1. The molecule has 1 aliphatic rings. The Morgan fingerprint density at radius 1 is 1.10 bits per heavy atom. The molecular formula is C20H24ClN3O3S2. The second kappa shape index (κ2) is 9.49. The summed E-state index contributed by atoms with van der Waals surface area (Å²) in [5.41, 5.74) is 0.791. The molecule has 0 spiro atoms. The van der Waals surface area contributed by atoms with Crippen LogP contribution in [0.15, 0.2) is 58.3 Å². The number of benzene rings is 2. The van der Waals surface area contributed by atoms with Crippen LogP contribution in [0.4, 0.5) is 5.69 Å². The molecule has 2 aromatic rings. The predicted molar refractivity (Wildman–Crippen MR) is 118 cm³/mol. The van der Waals surface area contributed by atoms with E-state index in [4.69, 9.17) is 11.6 Å². The number of rotatable bonds is 6. The molecule has 0 saturated carbocycles. The molecule has 1 fully saturated rings. The van der Waals surface area contributed by atoms with E-state index < -0.39 is 10.0 Å². The number of anilines is 1. The monoisotopic (exact) mass is 453 g/mol. The standard InChI is InChI=1S/C20H24ClN3O3S2/c1-15(20(25)22-18-8-3-4-9-19(18)28-2)23-10-12-24(13-11-23)29(26,27)17-7-5-6-16(21)14-17/h3-9,14-15H,10-13H2,1-2H3,(H,22,25)/t15-/m0/s1. The highest BCUT2D eigenvalue weighted by molar-refractivity contribution is 7.98. The van der Waals surface area contributed by atoms with Crippen molar-refractivity contribution < 1.29 is 13.2 Å². The molecule has 0 unspecified atom stereocenters. The van der Waals surface area contributed by atoms with Crippen molar-refractivity contribution in [1.82, 2.24) is 9.21 Å². The van der Waals surface area contributed by atoms with Gasteiger partial charge in [0.2, 0.25) is 15.9 Å². The Labute approximate surface area is 181 Å². The number of hydrogen-bond acceptors (Lipinski definition) is 5. The zero-order valence-corrected chi connectivity index (χ0v) is 18.7. The van der Waals surface area contributed by atoms with Gasteiger partial charge in [-0.3, -0.25) is 9.69 Å². The van der Waals surface area contributed by atoms with Gasteiger partial charge in [0.1, 0.15) is 0 Å². The molecule has 0 bridgehead atoms. The topological polar surface area (TPSA) is 69.7 Å². The van der Waals surface area contributed by atoms with E-state index in [1.807, 2.05) is 42.3 Å². The van der Waals surface area contributed by atoms with E-state index in [-0.39, 0.29) is 16.8 Å². The molecule has 9 heteroatoms. The second-order valence-corrected chi connectivity index (χ2v) is 9.99. The molecule has 1 atom stereocenters. The third kappa shape index (κ3) is 5.13. The lowest BCUT2D eigenvalue weighted by molar-refractivity contribution is -0.121. The fourth-order valence-electron chi connectivity index (χ4n) is 3.26. The van der Waals surface area contributed by atoms with Crippen LogP contribution in [0.2, 0.25) is 5.02 Å². The molecule has 1 N–H and O–H groups in total. The second-order valence-electron chi connectivity index (χ2n) is 6.76. The van der Waals surface area contributed by atoms with Crippen molar-refractivity contribution in [2.45, 2.75) is 22.8 Å². The van der Waals surface area contributed by atoms with Crippen molar-refractivity contribution in [2.24, 2.45) is 0 Å². The Balaban J connectivity index is 1.62. The molecule has 1 aliphatic heterocycles. The van der Waals surface area contributed by atoms with E-state index in [2.05, 4.69) is 5.32 Å². The summed E-state index contributed by atoms with van der Waals surface area (Å²) in [5, 5.41) is 3.37. The van der Waals surface area contributed by atoms with Crippen molar-refractivity contribution >= 4 is 45.0 Å². The summed E-state index contributed by atoms with van der Waals surface area (Å²) in [4.78, 5) is 15.9. The van der Waals surface area contributed by atoms with Gasteiger partial charge in [-0.1, -0.05) is 29.8 Å². The number of carbonyl (C=O) groups excluding carboxylic acids is 1. The number of para-hydroxylation sites is 1. The highest BCUT2D eigenvalue weighted by Gasteiger charge is 2.32. The third-order valence-corrected chi connectivity index (χ3v) is 7.92. The van der Waals surface area contributed by atoms with Gasteiger partial charge in [-0.05, 0) is 43.5 Å². The molecule has 0 aromatic heterocycles. The summed E-state index contributed by atoms with van der Waals surface area (Å²) in [7, 11) is -3.59. The maximum atomic E-state index is 12.8. The Morgan fingerprint density at radius 2 is 1.79 bits per heavy atom. The molecule has 1 amide bonds. The van der Waals surface area contributed by atoms with Crippen LogP contribution in [0.3, 0.4) is 0 Å². The number of thioether (sulfide) groups is 1. The molecule has 2 aromatic carbocycles. The molecule has 29 heavy (non-hydrogen) atoms. The highest BCUT2D eigenvalue weighted by atomic mass is 35.5. The first-order valence-electron chi connectivity index (χ1n) is 9.26. The van der Waals surface area contributed by atoms with E-state index >= 15 is 0 Å². The molecule has 0 radical (unpaired) electrons. The molecule has 1 saturated heterocycles. The molecular weight excluding hydrogens is 430 g/mol. The zero-order chi connectivity index (χ0) is 21.0. The van der Waals surface area contributed by atoms with Gasteiger partial charge in [0.15, 0.2) is 0 Å². The van der Waals surface area contributed by atoms with Crippen molar-refractivity contribution in [3.05, 3.63) is 53.6 Å². The van der Waals surface area contributed by atoms with Crippen molar-refractivity contribution in [3.8, 4) is 0 Å². The quantitative estimate of drug-likeness (QED) is 0.679. The maximum Gasteiger partial charge on any atom is 0.243 e. The van der Waals surface area contributed by atoms with Gasteiger partial charge >= 0.3 is 0 Å². The number of amides is 1. The summed E-state index contributed by atoms with van der Waals surface area (Å²) < 4.78 is 27.1. The third-order valence-electron chi connectivity index (χ3n) is 5.00. The van der Waals surface area contributed by atoms with Crippen LogP contribution in [0.1, 0.15) is 6.92 Å². The van der Waals surface area contributed by atoms with E-state index in [0.717, 1.165) is 10.6 Å². The number of halogens is 1. The lowest BCUT2D eigenvalue weighted by Gasteiger charge is -2.36. The average molecular weight is 454 g/mol. The minimum atomic E-state index is -3.59. The Kier molecular flexibility index (Phi) is 7.23. The van der Waals surface area contributed by atoms with Gasteiger partial charge in [-0.25, -0.2) is 8.42 Å². The maximum absolute atomic E-state index is 12.8. The lowest BCUT2D eigenvalue weighted by Crippen LogP contribution is -2.53. The van der Waals surface area contributed by atoms with Crippen LogP contribution >= 0.6 is 23.4 Å². The van der Waals surface area contributed by atoms with E-state index in [0.29, 0.717) is 31.2 Å². The molecule has 156 valence electrons. The van der Waals surface area contributed by atoms with Crippen molar-refractivity contribution in [1.29, 1.82) is 0 Å². The zero-order valence-electron chi connectivity index (χ0n) is 16.3. The largest absolute Gasteiger partial charge is 0.324 e. The van der Waals surface area contributed by atoms with E-state index in [1.165, 1.54) is 10.4 Å². The molecule has 0 aliphatic carbocycles. The number of nitrogens with one attached hydrogen (secondary N) is 1. The summed E-state index contributed by atoms with van der Waals surface area (Å²) >= 11 is 7.52. The Bertz CT molecular complexity index is 976. The summed E-state index contributed by atoms with van der Waals surface area (Å²) in [6.07, 6.45) is 1.97. The molecule has 1 heterocycles. The Hall–Kier alpha value is -1.58. The first-order chi connectivity index (χ1) is 13.8. The minimum absolute atomic E-state index is 0.0994. The van der Waals surface area contributed by atoms with Crippen molar-refractivity contribution in [3.63, 3.8) is 0 Å². The number of hydrogen-bond donors (Lipinski definition) is 1. The van der Waals surface area contributed by atoms with Gasteiger partial charge in [-0.2, -0.15) is 4.31 Å². The van der Waals surface area contributed by atoms with Crippen LogP contribution in [0, 0.1) is 0 Å². The lowest BCUT2D eigenvalue weighted by atomic mass is 10.2. The number of sulfonamides is 1. The van der Waals surface area contributed by atoms with Gasteiger partial charge in [-0.15, -0.1) is 11.8 Å². The first-order valence-corrected chi connectivity index (χ1v) is 12.3. The smallest absolute Gasteiger partial charge is 0.243 e. The normalized spacial score (nSPS) is 17.1. The van der Waals surface area contributed by atoms with Crippen LogP contribution in [0.5, 0.6) is 0 Å². The van der Waals surface area contributed by atoms with Gasteiger partial charge < -0.3 is 5.32 Å². The summed E-state index contributed by atoms with van der Waals surface area (Å²) in [6.45, 7) is 3.47. The molecule has 6 nitrogen and oxygen atoms in total. The number of nitrogens with zero attached hydrogens (tertiary/aromatic N) is 2. The van der Waals surface area contributed by atoms with Crippen LogP contribution in [0.25, 0.3) is 0 Å². The molecule has 3 rings (SSSR count). The van der Waals surface area contributed by atoms with E-state index in [9.17, 15) is 13.2 Å². The minimum Gasteiger partial charge on any atom is -0.324 e. The average Bonchev–Trinajstić information content (AvgIpc) is 2.73. The van der Waals surface area contributed by atoms with Gasteiger partial charge in [0.05, 0.1) is 16.6 Å². The first kappa shape index (κ1) is 22.1. The fourth-order valence-corrected chi connectivity index (χ4v) is 5.54. The number of carbonyl (C=O) groups is 1. The van der Waals surface area contributed by atoms with E-state index in [1.54, 1.807) is 30.0 Å². The predicted octanol–water partition coefficient (Wildman–Crippen LogP) is 3.40. The fraction of sp³-hybridized carbons (Fsp3) is 0.350. The highest BCUT2D eigenvalue weighted by Crippen LogP contribution is 2.25.